The summed E-state index contributed by atoms with van der Waals surface area (Å²) in [5, 5.41) is 1.42. The molecule has 0 aromatic carbocycles. The summed E-state index contributed by atoms with van der Waals surface area (Å²) in [7, 11) is 0. The number of hydrogen-bond acceptors (Lipinski definition) is 6. The van der Waals surface area contributed by atoms with Crippen LogP contribution in [0.15, 0.2) is 44.2 Å². The fourth-order valence-corrected chi connectivity index (χ4v) is 2.54. The number of aromatic nitrogens is 4. The lowest BCUT2D eigenvalue weighted by Gasteiger charge is -2.07. The molecule has 0 bridgehead atoms. The molecule has 0 saturated heterocycles. The molecule has 8 heteroatoms. The molecule has 0 radical (unpaired) electrons. The van der Waals surface area contributed by atoms with Crippen molar-refractivity contribution in [2.75, 3.05) is 12.5 Å². The van der Waals surface area contributed by atoms with Gasteiger partial charge in [0.25, 0.3) is 0 Å². The van der Waals surface area contributed by atoms with Crippen LogP contribution in [0.5, 0.6) is 0 Å². The largest absolute Gasteiger partial charge is 0.348 e. The van der Waals surface area contributed by atoms with E-state index in [1.165, 1.54) is 23.5 Å². The summed E-state index contributed by atoms with van der Waals surface area (Å²) in [6.45, 7) is 1.05. The van der Waals surface area contributed by atoms with Gasteiger partial charge in [0, 0.05) is 25.5 Å². The molecule has 112 valence electrons. The minimum absolute atomic E-state index is 0.259. The molecule has 0 atom stereocenters. The number of nitrogens with zero attached hydrogens (tertiary/aromatic N) is 4. The van der Waals surface area contributed by atoms with E-state index in [9.17, 15) is 9.59 Å². The fourth-order valence-electron chi connectivity index (χ4n) is 1.81. The molecule has 0 aliphatic rings. The fraction of sp³-hybridized carbons (Fsp3) is 0.385. The van der Waals surface area contributed by atoms with Crippen molar-refractivity contribution in [1.29, 1.82) is 0 Å². The first-order valence-corrected chi connectivity index (χ1v) is 8.82. The molecule has 0 amide bonds. The quantitative estimate of drug-likeness (QED) is 0.590. The smallest absolute Gasteiger partial charge is 0.299 e. The van der Waals surface area contributed by atoms with Gasteiger partial charge in [0.05, 0.1) is 0 Å². The average molecular weight is 324 g/mol. The standard InChI is InChI=1S/C13H16N4O2S2/c1-20-10-4-8-16(12(18)14-10)6-3-7-17-9-5-11(21-2)15-13(17)19/h4-5,8-9H,3,6-7H2,1-2H3. The molecule has 0 saturated carbocycles. The monoisotopic (exact) mass is 324 g/mol. The van der Waals surface area contributed by atoms with Crippen LogP contribution in [0.4, 0.5) is 0 Å². The Morgan fingerprint density at radius 2 is 1.33 bits per heavy atom. The van der Waals surface area contributed by atoms with E-state index in [0.29, 0.717) is 29.6 Å². The van der Waals surface area contributed by atoms with Crippen LogP contribution >= 0.6 is 23.5 Å². The van der Waals surface area contributed by atoms with Crippen molar-refractivity contribution in [1.82, 2.24) is 19.1 Å². The Bertz CT molecular complexity index is 665. The van der Waals surface area contributed by atoms with E-state index in [-0.39, 0.29) is 11.4 Å². The van der Waals surface area contributed by atoms with Gasteiger partial charge in [-0.25, -0.2) is 9.59 Å². The summed E-state index contributed by atoms with van der Waals surface area (Å²) >= 11 is 2.88. The molecular weight excluding hydrogens is 308 g/mol. The first-order chi connectivity index (χ1) is 10.1. The van der Waals surface area contributed by atoms with Gasteiger partial charge >= 0.3 is 11.4 Å². The van der Waals surface area contributed by atoms with Crippen molar-refractivity contribution in [2.24, 2.45) is 0 Å². The van der Waals surface area contributed by atoms with Gasteiger partial charge in [-0.2, -0.15) is 9.97 Å². The summed E-state index contributed by atoms with van der Waals surface area (Å²) in [6.07, 6.45) is 7.89. The highest BCUT2D eigenvalue weighted by atomic mass is 32.2. The minimum atomic E-state index is -0.259. The Labute approximate surface area is 130 Å². The molecule has 0 aliphatic carbocycles. The number of thioether (sulfide) groups is 2. The second-order valence-electron chi connectivity index (χ2n) is 4.25. The molecule has 0 spiro atoms. The summed E-state index contributed by atoms with van der Waals surface area (Å²) in [4.78, 5) is 31.4. The number of hydrogen-bond donors (Lipinski definition) is 0. The van der Waals surface area contributed by atoms with E-state index in [2.05, 4.69) is 9.97 Å². The van der Waals surface area contributed by atoms with Gasteiger partial charge in [-0.05, 0) is 31.1 Å². The van der Waals surface area contributed by atoms with Gasteiger partial charge in [-0.15, -0.1) is 23.5 Å². The van der Waals surface area contributed by atoms with Crippen molar-refractivity contribution in [3.05, 3.63) is 45.5 Å². The van der Waals surface area contributed by atoms with Crippen molar-refractivity contribution in [2.45, 2.75) is 29.6 Å². The second kappa shape index (κ2) is 7.46. The van der Waals surface area contributed by atoms with Gasteiger partial charge in [0.15, 0.2) is 0 Å². The molecule has 2 aromatic rings. The van der Waals surface area contributed by atoms with E-state index < -0.39 is 0 Å². The summed E-state index contributed by atoms with van der Waals surface area (Å²) in [5.41, 5.74) is -0.518. The molecule has 0 unspecified atom stereocenters. The number of aryl methyl sites for hydroxylation is 2. The molecule has 21 heavy (non-hydrogen) atoms. The first-order valence-electron chi connectivity index (χ1n) is 6.37. The maximum Gasteiger partial charge on any atom is 0.348 e. The molecular formula is C13H16N4O2S2. The van der Waals surface area contributed by atoms with Crippen LogP contribution in [-0.4, -0.2) is 31.6 Å². The van der Waals surface area contributed by atoms with Gasteiger partial charge in [0.1, 0.15) is 10.1 Å². The molecule has 0 N–H and O–H groups in total. The third-order valence-electron chi connectivity index (χ3n) is 2.91. The highest BCUT2D eigenvalue weighted by molar-refractivity contribution is 7.98. The van der Waals surface area contributed by atoms with Crippen molar-refractivity contribution in [3.63, 3.8) is 0 Å². The Hall–Kier alpha value is -1.54. The normalized spacial score (nSPS) is 10.8. The van der Waals surface area contributed by atoms with E-state index in [0.717, 1.165) is 0 Å². The van der Waals surface area contributed by atoms with Crippen LogP contribution in [0.2, 0.25) is 0 Å². The molecule has 0 aliphatic heterocycles. The summed E-state index contributed by atoms with van der Waals surface area (Å²) in [6, 6.07) is 3.63. The van der Waals surface area contributed by atoms with Gasteiger partial charge < -0.3 is 0 Å². The predicted molar refractivity (Wildman–Crippen MR) is 85.2 cm³/mol. The van der Waals surface area contributed by atoms with Gasteiger partial charge in [-0.1, -0.05) is 0 Å². The van der Waals surface area contributed by atoms with Crippen molar-refractivity contribution in [3.8, 4) is 0 Å². The lowest BCUT2D eigenvalue weighted by molar-refractivity contribution is 0.525. The highest BCUT2D eigenvalue weighted by Crippen LogP contribution is 2.08. The zero-order chi connectivity index (χ0) is 15.2. The zero-order valence-electron chi connectivity index (χ0n) is 11.9. The number of rotatable bonds is 6. The minimum Gasteiger partial charge on any atom is -0.299 e. The Morgan fingerprint density at radius 3 is 1.67 bits per heavy atom. The maximum absolute atomic E-state index is 11.7. The van der Waals surface area contributed by atoms with Crippen LogP contribution in [0.25, 0.3) is 0 Å². The van der Waals surface area contributed by atoms with Gasteiger partial charge in [-0.3, -0.25) is 9.13 Å². The van der Waals surface area contributed by atoms with E-state index >= 15 is 0 Å². The van der Waals surface area contributed by atoms with E-state index in [4.69, 9.17) is 0 Å². The topological polar surface area (TPSA) is 69.8 Å². The second-order valence-corrected chi connectivity index (χ2v) is 5.90. The van der Waals surface area contributed by atoms with Crippen molar-refractivity contribution < 1.29 is 0 Å². The van der Waals surface area contributed by atoms with Crippen LogP contribution < -0.4 is 11.4 Å². The van der Waals surface area contributed by atoms with Crippen LogP contribution in [0.3, 0.4) is 0 Å². The lowest BCUT2D eigenvalue weighted by atomic mass is 10.4. The van der Waals surface area contributed by atoms with Crippen LogP contribution in [-0.2, 0) is 13.1 Å². The van der Waals surface area contributed by atoms with Crippen LogP contribution in [0, 0.1) is 0 Å². The van der Waals surface area contributed by atoms with E-state index in [1.807, 2.05) is 24.6 Å². The SMILES string of the molecule is CSc1ccn(CCCn2ccc(SC)nc2=O)c(=O)n1. The Morgan fingerprint density at radius 1 is 0.905 bits per heavy atom. The molecule has 2 aromatic heterocycles. The Balaban J connectivity index is 1.98. The maximum atomic E-state index is 11.7. The average Bonchev–Trinajstić information content (AvgIpc) is 2.50. The zero-order valence-corrected chi connectivity index (χ0v) is 13.5. The van der Waals surface area contributed by atoms with Crippen molar-refractivity contribution >= 4 is 23.5 Å². The molecule has 2 heterocycles. The molecule has 6 nitrogen and oxygen atoms in total. The Kier molecular flexibility index (Phi) is 5.63. The molecule has 2 rings (SSSR count). The van der Waals surface area contributed by atoms with Gasteiger partial charge in [0.2, 0.25) is 0 Å². The van der Waals surface area contributed by atoms with E-state index in [1.54, 1.807) is 21.5 Å². The highest BCUT2D eigenvalue weighted by Gasteiger charge is 2.02. The predicted octanol–water partition coefficient (Wildman–Crippen LogP) is 1.33. The lowest BCUT2D eigenvalue weighted by Crippen LogP contribution is -2.26. The third kappa shape index (κ3) is 4.21. The third-order valence-corrected chi connectivity index (χ3v) is 4.20. The summed E-state index contributed by atoms with van der Waals surface area (Å²) in [5.74, 6) is 0. The first kappa shape index (κ1) is 15.8. The summed E-state index contributed by atoms with van der Waals surface area (Å²) < 4.78 is 3.10. The van der Waals surface area contributed by atoms with Crippen LogP contribution in [0.1, 0.15) is 6.42 Å². The molecule has 0 fully saturated rings.